The number of hydrogen-bond acceptors (Lipinski definition) is 3. The Morgan fingerprint density at radius 3 is 3.00 bits per heavy atom. The number of ether oxygens (including phenoxy) is 1. The van der Waals surface area contributed by atoms with Crippen LogP contribution in [-0.4, -0.2) is 12.2 Å². The zero-order valence-corrected chi connectivity index (χ0v) is 6.57. The van der Waals surface area contributed by atoms with E-state index in [0.717, 1.165) is 5.39 Å². The van der Waals surface area contributed by atoms with Gasteiger partial charge in [-0.05, 0) is 12.1 Å². The molecule has 0 amide bonds. The summed E-state index contributed by atoms with van der Waals surface area (Å²) in [6, 6.07) is 4.92. The molecule has 0 radical (unpaired) electrons. The van der Waals surface area contributed by atoms with Crippen LogP contribution in [0.1, 0.15) is 0 Å². The fraction of sp³-hybridized carbons (Fsp3) is 0.111. The lowest BCUT2D eigenvalue weighted by Gasteiger charge is -2.00. The van der Waals surface area contributed by atoms with E-state index in [4.69, 9.17) is 9.15 Å². The van der Waals surface area contributed by atoms with E-state index in [2.05, 4.69) is 0 Å². The van der Waals surface area contributed by atoms with Crippen molar-refractivity contribution in [1.82, 2.24) is 0 Å². The summed E-state index contributed by atoms with van der Waals surface area (Å²) in [6.07, 6.45) is 1.56. The molecule has 0 unspecified atom stereocenters. The molecular weight excluding hydrogens is 156 g/mol. The molecule has 2 rings (SSSR count). The highest BCUT2D eigenvalue weighted by atomic mass is 16.5. The summed E-state index contributed by atoms with van der Waals surface area (Å²) in [5.41, 5.74) is 0.662. The zero-order chi connectivity index (χ0) is 8.55. The Bertz CT molecular complexity index is 403. The second-order valence-electron chi connectivity index (χ2n) is 2.49. The van der Waals surface area contributed by atoms with Gasteiger partial charge in [-0.2, -0.15) is 0 Å². The normalized spacial score (nSPS) is 10.4. The van der Waals surface area contributed by atoms with Crippen LogP contribution in [0.4, 0.5) is 0 Å². The van der Waals surface area contributed by atoms with Gasteiger partial charge in [-0.15, -0.1) is 0 Å². The molecule has 3 nitrogen and oxygen atoms in total. The van der Waals surface area contributed by atoms with Crippen LogP contribution >= 0.6 is 0 Å². The SMILES string of the molecule is COc1cc(O)cc2ccoc12. The molecule has 0 saturated heterocycles. The number of phenolic OH excluding ortho intramolecular Hbond substituents is 1. The van der Waals surface area contributed by atoms with Crippen molar-refractivity contribution in [2.75, 3.05) is 7.11 Å². The second kappa shape index (κ2) is 2.44. The number of rotatable bonds is 1. The Kier molecular flexibility index (Phi) is 1.43. The first-order valence-electron chi connectivity index (χ1n) is 3.55. The van der Waals surface area contributed by atoms with Gasteiger partial charge in [-0.3, -0.25) is 0 Å². The maximum atomic E-state index is 9.24. The maximum Gasteiger partial charge on any atom is 0.175 e. The minimum atomic E-state index is 0.181. The summed E-state index contributed by atoms with van der Waals surface area (Å²) in [5.74, 6) is 0.732. The molecule has 12 heavy (non-hydrogen) atoms. The van der Waals surface area contributed by atoms with Crippen LogP contribution in [0.2, 0.25) is 0 Å². The number of fused-ring (bicyclic) bond motifs is 1. The minimum Gasteiger partial charge on any atom is -0.508 e. The van der Waals surface area contributed by atoms with Crippen LogP contribution in [0.3, 0.4) is 0 Å². The number of benzene rings is 1. The van der Waals surface area contributed by atoms with Crippen LogP contribution in [-0.2, 0) is 0 Å². The number of hydrogen-bond donors (Lipinski definition) is 1. The lowest BCUT2D eigenvalue weighted by atomic mass is 10.2. The third-order valence-electron chi connectivity index (χ3n) is 1.72. The van der Waals surface area contributed by atoms with Crippen LogP contribution < -0.4 is 4.74 Å². The summed E-state index contributed by atoms with van der Waals surface area (Å²) in [6.45, 7) is 0. The Morgan fingerprint density at radius 2 is 2.25 bits per heavy atom. The molecule has 0 aliphatic heterocycles. The summed E-state index contributed by atoms with van der Waals surface area (Å²) >= 11 is 0. The first kappa shape index (κ1) is 7.03. The molecule has 0 spiro atoms. The van der Waals surface area contributed by atoms with Crippen molar-refractivity contribution >= 4 is 11.0 Å². The molecule has 0 bridgehead atoms. The fourth-order valence-electron chi connectivity index (χ4n) is 1.19. The van der Waals surface area contributed by atoms with Gasteiger partial charge in [0.1, 0.15) is 5.75 Å². The summed E-state index contributed by atoms with van der Waals surface area (Å²) in [5, 5.41) is 10.1. The van der Waals surface area contributed by atoms with Crippen LogP contribution in [0, 0.1) is 0 Å². The molecule has 2 aromatic rings. The average molecular weight is 164 g/mol. The Hall–Kier alpha value is -1.64. The van der Waals surface area contributed by atoms with Crippen molar-refractivity contribution in [3.63, 3.8) is 0 Å². The largest absolute Gasteiger partial charge is 0.508 e. The molecule has 0 fully saturated rings. The Balaban J connectivity index is 2.80. The van der Waals surface area contributed by atoms with E-state index >= 15 is 0 Å². The number of phenols is 1. The van der Waals surface area contributed by atoms with Crippen molar-refractivity contribution in [3.05, 3.63) is 24.5 Å². The molecule has 62 valence electrons. The number of furan rings is 1. The monoisotopic (exact) mass is 164 g/mol. The van der Waals surface area contributed by atoms with Crippen LogP contribution in [0.5, 0.6) is 11.5 Å². The topological polar surface area (TPSA) is 42.6 Å². The van der Waals surface area contributed by atoms with Gasteiger partial charge in [-0.25, -0.2) is 0 Å². The van der Waals surface area contributed by atoms with Gasteiger partial charge in [0, 0.05) is 11.5 Å². The molecular formula is C9H8O3. The molecule has 0 atom stereocenters. The van der Waals surface area contributed by atoms with Gasteiger partial charge in [0.2, 0.25) is 0 Å². The van der Waals surface area contributed by atoms with Crippen molar-refractivity contribution in [1.29, 1.82) is 0 Å². The van der Waals surface area contributed by atoms with E-state index in [-0.39, 0.29) is 5.75 Å². The van der Waals surface area contributed by atoms with Gasteiger partial charge in [0.25, 0.3) is 0 Å². The fourth-order valence-corrected chi connectivity index (χ4v) is 1.19. The predicted molar refractivity (Wildman–Crippen MR) is 44.4 cm³/mol. The smallest absolute Gasteiger partial charge is 0.175 e. The lowest BCUT2D eigenvalue weighted by molar-refractivity contribution is 0.404. The highest BCUT2D eigenvalue weighted by Gasteiger charge is 2.05. The van der Waals surface area contributed by atoms with Gasteiger partial charge in [0.15, 0.2) is 11.3 Å². The first-order valence-corrected chi connectivity index (χ1v) is 3.55. The Morgan fingerprint density at radius 1 is 1.42 bits per heavy atom. The Labute approximate surface area is 69.2 Å². The maximum absolute atomic E-state index is 9.24. The van der Waals surface area contributed by atoms with Gasteiger partial charge >= 0.3 is 0 Å². The van der Waals surface area contributed by atoms with Crippen LogP contribution in [0.15, 0.2) is 28.9 Å². The third-order valence-corrected chi connectivity index (χ3v) is 1.72. The average Bonchev–Trinajstić information content (AvgIpc) is 2.50. The lowest BCUT2D eigenvalue weighted by Crippen LogP contribution is -1.82. The molecule has 1 N–H and O–H groups in total. The van der Waals surface area contributed by atoms with Crippen molar-refractivity contribution in [2.24, 2.45) is 0 Å². The van der Waals surface area contributed by atoms with E-state index in [0.29, 0.717) is 11.3 Å². The number of methoxy groups -OCH3 is 1. The van der Waals surface area contributed by atoms with Crippen LogP contribution in [0.25, 0.3) is 11.0 Å². The third kappa shape index (κ3) is 0.906. The van der Waals surface area contributed by atoms with Crippen molar-refractivity contribution in [3.8, 4) is 11.5 Å². The molecule has 1 heterocycles. The summed E-state index contributed by atoms with van der Waals surface area (Å²) in [4.78, 5) is 0. The van der Waals surface area contributed by atoms with E-state index in [1.807, 2.05) is 0 Å². The molecule has 0 saturated carbocycles. The molecule has 3 heteroatoms. The predicted octanol–water partition coefficient (Wildman–Crippen LogP) is 2.15. The number of aromatic hydroxyl groups is 1. The van der Waals surface area contributed by atoms with E-state index in [9.17, 15) is 5.11 Å². The highest BCUT2D eigenvalue weighted by molar-refractivity contribution is 5.84. The molecule has 1 aromatic heterocycles. The first-order chi connectivity index (χ1) is 5.81. The summed E-state index contributed by atoms with van der Waals surface area (Å²) < 4.78 is 10.2. The quantitative estimate of drug-likeness (QED) is 0.702. The molecule has 1 aromatic carbocycles. The minimum absolute atomic E-state index is 0.181. The van der Waals surface area contributed by atoms with Crippen molar-refractivity contribution < 1.29 is 14.3 Å². The van der Waals surface area contributed by atoms with E-state index in [1.54, 1.807) is 18.4 Å². The molecule has 0 aliphatic rings. The van der Waals surface area contributed by atoms with E-state index in [1.165, 1.54) is 13.2 Å². The summed E-state index contributed by atoms with van der Waals surface area (Å²) in [7, 11) is 1.54. The van der Waals surface area contributed by atoms with Gasteiger partial charge < -0.3 is 14.3 Å². The van der Waals surface area contributed by atoms with Gasteiger partial charge in [-0.1, -0.05) is 0 Å². The second-order valence-corrected chi connectivity index (χ2v) is 2.49. The van der Waals surface area contributed by atoms with Crippen molar-refractivity contribution in [2.45, 2.75) is 0 Å². The molecule has 0 aliphatic carbocycles. The zero-order valence-electron chi connectivity index (χ0n) is 6.57. The highest BCUT2D eigenvalue weighted by Crippen LogP contribution is 2.30. The van der Waals surface area contributed by atoms with Gasteiger partial charge in [0.05, 0.1) is 13.4 Å². The van der Waals surface area contributed by atoms with E-state index < -0.39 is 0 Å². The standard InChI is InChI=1S/C9H8O3/c1-11-8-5-7(10)4-6-2-3-12-9(6)8/h2-5,10H,1H3.